The minimum Gasteiger partial charge on any atom is -0.488 e. The monoisotopic (exact) mass is 420 g/mol. The molecule has 1 aliphatic heterocycles. The van der Waals surface area contributed by atoms with Gasteiger partial charge < -0.3 is 9.26 Å². The van der Waals surface area contributed by atoms with E-state index in [1.54, 1.807) is 18.3 Å². The van der Waals surface area contributed by atoms with Crippen LogP contribution in [0, 0.1) is 0 Å². The van der Waals surface area contributed by atoms with E-state index in [9.17, 15) is 8.42 Å². The summed E-state index contributed by atoms with van der Waals surface area (Å²) in [5.74, 6) is 1.13. The number of halogens is 1. The van der Waals surface area contributed by atoms with Crippen LogP contribution in [0.15, 0.2) is 62.6 Å². The minimum absolute atomic E-state index is 0.149. The summed E-state index contributed by atoms with van der Waals surface area (Å²) in [5, 5.41) is 3.75. The lowest BCUT2D eigenvalue weighted by molar-refractivity contribution is 0.297. The highest BCUT2D eigenvalue weighted by molar-refractivity contribution is 9.10. The van der Waals surface area contributed by atoms with E-state index in [-0.39, 0.29) is 11.4 Å². The molecule has 0 saturated carbocycles. The third kappa shape index (κ3) is 3.20. The Morgan fingerprint density at radius 2 is 1.96 bits per heavy atom. The topological polar surface area (TPSA) is 81.4 Å². The quantitative estimate of drug-likeness (QED) is 0.698. The molecule has 0 atom stereocenters. The first-order valence-corrected chi connectivity index (χ1v) is 9.75. The zero-order valence-electron chi connectivity index (χ0n) is 12.9. The molecular weight excluding hydrogens is 408 g/mol. The molecule has 25 heavy (non-hydrogen) atoms. The second-order valence-electron chi connectivity index (χ2n) is 5.58. The summed E-state index contributed by atoms with van der Waals surface area (Å²) in [5.41, 5.74) is 2.25. The van der Waals surface area contributed by atoms with Crippen molar-refractivity contribution in [2.75, 3.05) is 0 Å². The summed E-state index contributed by atoms with van der Waals surface area (Å²) in [6, 6.07) is 12.1. The van der Waals surface area contributed by atoms with Gasteiger partial charge in [0.2, 0.25) is 10.0 Å². The normalized spacial score (nSPS) is 13.0. The van der Waals surface area contributed by atoms with Crippen LogP contribution in [-0.2, 0) is 23.2 Å². The molecule has 128 valence electrons. The predicted octanol–water partition coefficient (Wildman–Crippen LogP) is 3.48. The number of nitrogens with zero attached hydrogens (tertiary/aromatic N) is 1. The molecule has 2 aromatic carbocycles. The van der Waals surface area contributed by atoms with E-state index in [0.717, 1.165) is 15.6 Å². The summed E-state index contributed by atoms with van der Waals surface area (Å²) in [7, 11) is -3.67. The highest BCUT2D eigenvalue weighted by Gasteiger charge is 2.24. The second-order valence-corrected chi connectivity index (χ2v) is 8.26. The number of benzene rings is 2. The van der Waals surface area contributed by atoms with Gasteiger partial charge in [-0.25, -0.2) is 13.1 Å². The van der Waals surface area contributed by atoms with Crippen LogP contribution in [0.3, 0.4) is 0 Å². The fourth-order valence-corrected chi connectivity index (χ4v) is 3.89. The van der Waals surface area contributed by atoms with E-state index in [2.05, 4.69) is 25.8 Å². The zero-order chi connectivity index (χ0) is 17.4. The van der Waals surface area contributed by atoms with E-state index >= 15 is 0 Å². The van der Waals surface area contributed by atoms with Crippen molar-refractivity contribution in [3.05, 3.63) is 64.3 Å². The number of hydrogen-bond acceptors (Lipinski definition) is 5. The lowest BCUT2D eigenvalue weighted by Gasteiger charge is -2.16. The van der Waals surface area contributed by atoms with Crippen molar-refractivity contribution in [2.45, 2.75) is 18.0 Å². The van der Waals surface area contributed by atoms with Crippen molar-refractivity contribution in [1.82, 2.24) is 9.88 Å². The molecule has 0 bridgehead atoms. The molecule has 1 aliphatic rings. The van der Waals surface area contributed by atoms with Gasteiger partial charge in [-0.1, -0.05) is 33.2 Å². The molecule has 0 radical (unpaired) electrons. The Labute approximate surface area is 153 Å². The van der Waals surface area contributed by atoms with Crippen LogP contribution < -0.4 is 9.46 Å². The van der Waals surface area contributed by atoms with Gasteiger partial charge in [0.1, 0.15) is 12.4 Å². The summed E-state index contributed by atoms with van der Waals surface area (Å²) < 4.78 is 39.6. The van der Waals surface area contributed by atoms with Gasteiger partial charge in [0, 0.05) is 11.0 Å². The first-order valence-electron chi connectivity index (χ1n) is 7.48. The summed E-state index contributed by atoms with van der Waals surface area (Å²) >= 11 is 3.35. The van der Waals surface area contributed by atoms with Gasteiger partial charge in [0.05, 0.1) is 22.2 Å². The molecule has 6 nitrogen and oxygen atoms in total. The van der Waals surface area contributed by atoms with Gasteiger partial charge in [0.15, 0.2) is 5.76 Å². The fraction of sp³-hybridized carbons (Fsp3) is 0.118. The highest BCUT2D eigenvalue weighted by Crippen LogP contribution is 2.38. The summed E-state index contributed by atoms with van der Waals surface area (Å²) in [6.45, 7) is 0.566. The number of fused-ring (bicyclic) bond motifs is 3. The molecule has 3 aromatic rings. The molecule has 8 heteroatoms. The largest absolute Gasteiger partial charge is 0.488 e. The molecule has 0 fully saturated rings. The summed E-state index contributed by atoms with van der Waals surface area (Å²) in [6.07, 6.45) is 1.57. The number of aromatic nitrogens is 1. The van der Waals surface area contributed by atoms with Crippen LogP contribution >= 0.6 is 15.9 Å². The standard InChI is InChI=1S/C17H13BrN2O4S/c18-13-3-1-11(2-4-13)8-20-25(21,22)14-5-6-16-15(7-14)17-12(10-23-16)9-19-24-17/h1-7,9,20H,8,10H2. The van der Waals surface area contributed by atoms with Gasteiger partial charge in [-0.05, 0) is 35.9 Å². The van der Waals surface area contributed by atoms with Crippen LogP contribution in [0.5, 0.6) is 5.75 Å². The molecule has 1 N–H and O–H groups in total. The Morgan fingerprint density at radius 1 is 1.16 bits per heavy atom. The number of rotatable bonds is 4. The van der Waals surface area contributed by atoms with E-state index < -0.39 is 10.0 Å². The maximum absolute atomic E-state index is 12.6. The maximum Gasteiger partial charge on any atom is 0.240 e. The molecule has 0 spiro atoms. The van der Waals surface area contributed by atoms with Crippen LogP contribution in [0.1, 0.15) is 11.1 Å². The smallest absolute Gasteiger partial charge is 0.240 e. The maximum atomic E-state index is 12.6. The summed E-state index contributed by atoms with van der Waals surface area (Å²) in [4.78, 5) is 0.149. The Balaban J connectivity index is 1.61. The SMILES string of the molecule is O=S(=O)(NCc1ccc(Br)cc1)c1ccc2c(c1)-c1oncc1CO2. The van der Waals surface area contributed by atoms with Crippen LogP contribution in [0.4, 0.5) is 0 Å². The molecule has 4 rings (SSSR count). The Morgan fingerprint density at radius 3 is 2.76 bits per heavy atom. The Hall–Kier alpha value is -2.16. The van der Waals surface area contributed by atoms with Crippen molar-refractivity contribution in [1.29, 1.82) is 0 Å². The van der Waals surface area contributed by atoms with E-state index in [1.807, 2.05) is 24.3 Å². The van der Waals surface area contributed by atoms with Crippen LogP contribution in [0.2, 0.25) is 0 Å². The first kappa shape index (κ1) is 16.3. The molecule has 0 amide bonds. The Kier molecular flexibility index (Phi) is 4.10. The van der Waals surface area contributed by atoms with Gasteiger partial charge >= 0.3 is 0 Å². The van der Waals surface area contributed by atoms with Crippen molar-refractivity contribution < 1.29 is 17.7 Å². The van der Waals surface area contributed by atoms with Gasteiger partial charge in [-0.2, -0.15) is 0 Å². The third-order valence-corrected chi connectivity index (χ3v) is 5.84. The average molecular weight is 421 g/mol. The van der Waals surface area contributed by atoms with Crippen molar-refractivity contribution in [3.8, 4) is 17.1 Å². The predicted molar refractivity (Wildman–Crippen MR) is 94.4 cm³/mol. The number of ether oxygens (including phenoxy) is 1. The molecule has 2 heterocycles. The van der Waals surface area contributed by atoms with Crippen molar-refractivity contribution >= 4 is 26.0 Å². The van der Waals surface area contributed by atoms with Crippen molar-refractivity contribution in [3.63, 3.8) is 0 Å². The van der Waals surface area contributed by atoms with Crippen LogP contribution in [-0.4, -0.2) is 13.6 Å². The number of nitrogens with one attached hydrogen (secondary N) is 1. The van der Waals surface area contributed by atoms with Gasteiger partial charge in [-0.15, -0.1) is 0 Å². The molecule has 0 aliphatic carbocycles. The van der Waals surface area contributed by atoms with Crippen LogP contribution in [0.25, 0.3) is 11.3 Å². The number of hydrogen-bond donors (Lipinski definition) is 1. The molecule has 1 aromatic heterocycles. The molecule has 0 saturated heterocycles. The first-order chi connectivity index (χ1) is 12.0. The third-order valence-electron chi connectivity index (χ3n) is 3.91. The lowest BCUT2D eigenvalue weighted by atomic mass is 10.1. The van der Waals surface area contributed by atoms with E-state index in [4.69, 9.17) is 9.26 Å². The Bertz CT molecular complexity index is 1030. The zero-order valence-corrected chi connectivity index (χ0v) is 15.3. The molecular formula is C17H13BrN2O4S. The fourth-order valence-electron chi connectivity index (χ4n) is 2.58. The van der Waals surface area contributed by atoms with E-state index in [1.165, 1.54) is 6.07 Å². The van der Waals surface area contributed by atoms with Crippen molar-refractivity contribution in [2.24, 2.45) is 0 Å². The van der Waals surface area contributed by atoms with Gasteiger partial charge in [-0.3, -0.25) is 0 Å². The number of sulfonamides is 1. The highest BCUT2D eigenvalue weighted by atomic mass is 79.9. The average Bonchev–Trinajstić information content (AvgIpc) is 3.10. The lowest BCUT2D eigenvalue weighted by Crippen LogP contribution is -2.23. The van der Waals surface area contributed by atoms with E-state index in [0.29, 0.717) is 23.7 Å². The molecule has 0 unspecified atom stereocenters. The second kappa shape index (κ2) is 6.29. The minimum atomic E-state index is -3.67. The van der Waals surface area contributed by atoms with Gasteiger partial charge in [0.25, 0.3) is 0 Å².